The van der Waals surface area contributed by atoms with E-state index in [2.05, 4.69) is 20.4 Å². The van der Waals surface area contributed by atoms with Gasteiger partial charge in [0.05, 0.1) is 0 Å². The molecule has 8 heteroatoms. The van der Waals surface area contributed by atoms with Gasteiger partial charge in [0.15, 0.2) is 5.82 Å². The standard InChI is InChI=1S/C12H12N4O4/c1-7-14-10(20-16-7)5-6-13-11(17)8-3-2-4-9(15-8)12(18)19/h2-4H,5-6H2,1H3,(H,13,17)(H,18,19). The number of nitrogens with one attached hydrogen (secondary N) is 1. The molecule has 0 atom stereocenters. The smallest absolute Gasteiger partial charge is 0.354 e. The van der Waals surface area contributed by atoms with E-state index in [1.165, 1.54) is 18.2 Å². The van der Waals surface area contributed by atoms with Crippen molar-refractivity contribution in [1.82, 2.24) is 20.4 Å². The van der Waals surface area contributed by atoms with Gasteiger partial charge >= 0.3 is 5.97 Å². The quantitative estimate of drug-likeness (QED) is 0.813. The van der Waals surface area contributed by atoms with Gasteiger partial charge in [0.25, 0.3) is 5.91 Å². The predicted molar refractivity (Wildman–Crippen MR) is 66.3 cm³/mol. The van der Waals surface area contributed by atoms with Gasteiger partial charge in [-0.25, -0.2) is 9.78 Å². The minimum absolute atomic E-state index is 0.0478. The summed E-state index contributed by atoms with van der Waals surface area (Å²) < 4.78 is 4.90. The zero-order valence-electron chi connectivity index (χ0n) is 10.7. The number of pyridine rings is 1. The van der Waals surface area contributed by atoms with Crippen molar-refractivity contribution in [3.8, 4) is 0 Å². The first kappa shape index (κ1) is 13.7. The van der Waals surface area contributed by atoms with Crippen molar-refractivity contribution >= 4 is 11.9 Å². The maximum atomic E-state index is 11.8. The van der Waals surface area contributed by atoms with E-state index in [0.717, 1.165) is 0 Å². The van der Waals surface area contributed by atoms with E-state index in [4.69, 9.17) is 9.63 Å². The van der Waals surface area contributed by atoms with Crippen LogP contribution in [0.3, 0.4) is 0 Å². The van der Waals surface area contributed by atoms with E-state index in [1.807, 2.05) is 0 Å². The molecule has 0 aromatic carbocycles. The van der Waals surface area contributed by atoms with Crippen molar-refractivity contribution < 1.29 is 19.2 Å². The SMILES string of the molecule is Cc1noc(CCNC(=O)c2cccc(C(=O)O)n2)n1. The van der Waals surface area contributed by atoms with E-state index < -0.39 is 11.9 Å². The Kier molecular flexibility index (Phi) is 4.04. The monoisotopic (exact) mass is 276 g/mol. The van der Waals surface area contributed by atoms with Crippen LogP contribution in [0.25, 0.3) is 0 Å². The highest BCUT2D eigenvalue weighted by atomic mass is 16.5. The highest BCUT2D eigenvalue weighted by Gasteiger charge is 2.11. The van der Waals surface area contributed by atoms with Crippen LogP contribution in [0.4, 0.5) is 0 Å². The van der Waals surface area contributed by atoms with Crippen molar-refractivity contribution in [3.63, 3.8) is 0 Å². The molecule has 0 aliphatic rings. The number of rotatable bonds is 5. The minimum Gasteiger partial charge on any atom is -0.477 e. The van der Waals surface area contributed by atoms with E-state index in [1.54, 1.807) is 6.92 Å². The van der Waals surface area contributed by atoms with E-state index >= 15 is 0 Å². The molecule has 0 aliphatic carbocycles. The molecule has 104 valence electrons. The first-order chi connectivity index (χ1) is 9.56. The van der Waals surface area contributed by atoms with Crippen molar-refractivity contribution in [3.05, 3.63) is 41.3 Å². The van der Waals surface area contributed by atoms with Gasteiger partial charge in [0.2, 0.25) is 5.89 Å². The number of aryl methyl sites for hydroxylation is 1. The van der Waals surface area contributed by atoms with Crippen LogP contribution in [0.2, 0.25) is 0 Å². The Bertz CT molecular complexity index is 638. The molecule has 2 aromatic rings. The maximum Gasteiger partial charge on any atom is 0.354 e. The molecular weight excluding hydrogens is 264 g/mol. The Balaban J connectivity index is 1.91. The number of amides is 1. The average Bonchev–Trinajstić information content (AvgIpc) is 2.84. The molecule has 2 N–H and O–H groups in total. The second kappa shape index (κ2) is 5.91. The number of nitrogens with zero attached hydrogens (tertiary/aromatic N) is 3. The van der Waals surface area contributed by atoms with Gasteiger partial charge in [-0.05, 0) is 19.1 Å². The Hall–Kier alpha value is -2.77. The molecule has 0 fully saturated rings. The predicted octanol–water partition coefficient (Wildman–Crippen LogP) is 0.444. The number of hydrogen-bond acceptors (Lipinski definition) is 6. The van der Waals surface area contributed by atoms with Gasteiger partial charge in [-0.2, -0.15) is 4.98 Å². The third-order valence-electron chi connectivity index (χ3n) is 2.39. The van der Waals surface area contributed by atoms with Crippen LogP contribution in [0.1, 0.15) is 32.7 Å². The Labute approximate surface area is 113 Å². The normalized spacial score (nSPS) is 10.2. The zero-order valence-corrected chi connectivity index (χ0v) is 10.7. The molecule has 0 radical (unpaired) electrons. The summed E-state index contributed by atoms with van der Waals surface area (Å²) in [6.45, 7) is 1.99. The average molecular weight is 276 g/mol. The van der Waals surface area contributed by atoms with Gasteiger partial charge in [-0.1, -0.05) is 11.2 Å². The molecular formula is C12H12N4O4. The molecule has 0 spiro atoms. The summed E-state index contributed by atoms with van der Waals surface area (Å²) in [5.41, 5.74) is -0.128. The third-order valence-corrected chi connectivity index (χ3v) is 2.39. The van der Waals surface area contributed by atoms with Crippen molar-refractivity contribution in [2.24, 2.45) is 0 Å². The summed E-state index contributed by atoms with van der Waals surface area (Å²) in [5, 5.41) is 15.0. The molecule has 0 unspecified atom stereocenters. The number of carbonyl (C=O) groups excluding carboxylic acids is 1. The molecule has 1 amide bonds. The molecule has 2 heterocycles. The highest BCUT2D eigenvalue weighted by Crippen LogP contribution is 2.00. The number of carbonyl (C=O) groups is 2. The number of aromatic carboxylic acids is 1. The van der Waals surface area contributed by atoms with E-state index in [-0.39, 0.29) is 11.4 Å². The van der Waals surface area contributed by atoms with E-state index in [9.17, 15) is 9.59 Å². The number of hydrogen-bond donors (Lipinski definition) is 2. The second-order valence-electron chi connectivity index (χ2n) is 3.95. The summed E-state index contributed by atoms with van der Waals surface area (Å²) in [6, 6.07) is 4.23. The number of aromatic nitrogens is 3. The Morgan fingerprint density at radius 1 is 1.30 bits per heavy atom. The van der Waals surface area contributed by atoms with Gasteiger partial charge in [0, 0.05) is 13.0 Å². The molecule has 2 aromatic heterocycles. The lowest BCUT2D eigenvalue weighted by Gasteiger charge is -2.03. The molecule has 0 aliphatic heterocycles. The molecule has 20 heavy (non-hydrogen) atoms. The molecule has 0 bridgehead atoms. The molecule has 0 saturated heterocycles. The van der Waals surface area contributed by atoms with Crippen molar-refractivity contribution in [2.45, 2.75) is 13.3 Å². The molecule has 0 saturated carbocycles. The summed E-state index contributed by atoms with van der Waals surface area (Å²) in [6.07, 6.45) is 0.394. The van der Waals surface area contributed by atoms with Crippen LogP contribution in [0.5, 0.6) is 0 Å². The molecule has 8 nitrogen and oxygen atoms in total. The van der Waals surface area contributed by atoms with Crippen LogP contribution in [-0.2, 0) is 6.42 Å². The van der Waals surface area contributed by atoms with Crippen LogP contribution in [0, 0.1) is 6.92 Å². The topological polar surface area (TPSA) is 118 Å². The Morgan fingerprint density at radius 3 is 2.70 bits per heavy atom. The molecule has 2 rings (SSSR count). The highest BCUT2D eigenvalue weighted by molar-refractivity contribution is 5.94. The van der Waals surface area contributed by atoms with Gasteiger partial charge in [-0.15, -0.1) is 0 Å². The van der Waals surface area contributed by atoms with Crippen LogP contribution in [0.15, 0.2) is 22.7 Å². The third kappa shape index (κ3) is 3.37. The second-order valence-corrected chi connectivity index (χ2v) is 3.95. The number of carboxylic acid groups (broad SMARTS) is 1. The zero-order chi connectivity index (χ0) is 14.5. The summed E-state index contributed by atoms with van der Waals surface area (Å²) >= 11 is 0. The van der Waals surface area contributed by atoms with E-state index in [0.29, 0.717) is 24.7 Å². The van der Waals surface area contributed by atoms with Crippen LogP contribution in [-0.4, -0.2) is 38.7 Å². The summed E-state index contributed by atoms with van der Waals surface area (Å²) in [5.74, 6) is -0.678. The minimum atomic E-state index is -1.18. The first-order valence-electron chi connectivity index (χ1n) is 5.84. The summed E-state index contributed by atoms with van der Waals surface area (Å²) in [7, 11) is 0. The fourth-order valence-electron chi connectivity index (χ4n) is 1.50. The first-order valence-corrected chi connectivity index (χ1v) is 5.84. The van der Waals surface area contributed by atoms with Crippen LogP contribution < -0.4 is 5.32 Å². The maximum absolute atomic E-state index is 11.8. The van der Waals surface area contributed by atoms with Gasteiger partial charge < -0.3 is 14.9 Å². The largest absolute Gasteiger partial charge is 0.477 e. The number of carboxylic acids is 1. The van der Waals surface area contributed by atoms with Crippen molar-refractivity contribution in [2.75, 3.05) is 6.54 Å². The lowest BCUT2D eigenvalue weighted by atomic mass is 10.3. The fraction of sp³-hybridized carbons (Fsp3) is 0.250. The summed E-state index contributed by atoms with van der Waals surface area (Å²) in [4.78, 5) is 30.3. The fourth-order valence-corrected chi connectivity index (χ4v) is 1.50. The van der Waals surface area contributed by atoms with Crippen LogP contribution >= 0.6 is 0 Å². The lowest BCUT2D eigenvalue weighted by Crippen LogP contribution is -2.27. The lowest BCUT2D eigenvalue weighted by molar-refractivity contribution is 0.0690. The van der Waals surface area contributed by atoms with Gasteiger partial charge in [0.1, 0.15) is 11.4 Å². The van der Waals surface area contributed by atoms with Gasteiger partial charge in [-0.3, -0.25) is 4.79 Å². The Morgan fingerprint density at radius 2 is 2.05 bits per heavy atom. The van der Waals surface area contributed by atoms with Crippen molar-refractivity contribution in [1.29, 1.82) is 0 Å².